The van der Waals surface area contributed by atoms with Gasteiger partial charge in [-0.3, -0.25) is 0 Å². The van der Waals surface area contributed by atoms with Gasteiger partial charge in [-0.15, -0.1) is 0 Å². The minimum Gasteiger partial charge on any atom is -0.487 e. The lowest BCUT2D eigenvalue weighted by Gasteiger charge is -2.23. The van der Waals surface area contributed by atoms with Gasteiger partial charge in [0.05, 0.1) is 5.69 Å². The average molecular weight is 458 g/mol. The molecule has 2 aromatic rings. The summed E-state index contributed by atoms with van der Waals surface area (Å²) in [6.45, 7) is 0.358. The molecule has 3 rings (SSSR count). The first-order valence-corrected chi connectivity index (χ1v) is 9.74. The number of hydrogen-bond donors (Lipinski definition) is 1. The molecule has 2 aromatic carbocycles. The van der Waals surface area contributed by atoms with Gasteiger partial charge in [-0.25, -0.2) is 4.31 Å². The first kappa shape index (κ1) is 17.2. The quantitative estimate of drug-likeness (QED) is 0.550. The smallest absolute Gasteiger partial charge is 0.302 e. The highest BCUT2D eigenvalue weighted by molar-refractivity contribution is 14.1. The van der Waals surface area contributed by atoms with Gasteiger partial charge >= 0.3 is 10.2 Å². The Labute approximate surface area is 154 Å². The maximum absolute atomic E-state index is 12.2. The average Bonchev–Trinajstić information content (AvgIpc) is 2.88. The highest BCUT2D eigenvalue weighted by atomic mass is 127. The second kappa shape index (κ2) is 7.08. The van der Waals surface area contributed by atoms with E-state index in [1.165, 1.54) is 0 Å². The zero-order chi connectivity index (χ0) is 17.2. The van der Waals surface area contributed by atoms with E-state index >= 15 is 0 Å². The number of carbonyl (C=O) groups is 1. The van der Waals surface area contributed by atoms with Gasteiger partial charge in [0.15, 0.2) is 0 Å². The molecule has 1 N–H and O–H groups in total. The van der Waals surface area contributed by atoms with Gasteiger partial charge in [-0.1, -0.05) is 30.3 Å². The molecule has 0 amide bonds. The molecule has 1 aliphatic heterocycles. The van der Waals surface area contributed by atoms with Gasteiger partial charge < -0.3 is 9.53 Å². The van der Waals surface area contributed by atoms with Crippen LogP contribution in [0.15, 0.2) is 48.5 Å². The number of anilines is 1. The molecule has 8 heteroatoms. The zero-order valence-electron chi connectivity index (χ0n) is 12.6. The molecule has 0 spiro atoms. The molecule has 1 unspecified atom stereocenters. The number of rotatable bonds is 5. The molecule has 24 heavy (non-hydrogen) atoms. The lowest BCUT2D eigenvalue weighted by atomic mass is 10.2. The van der Waals surface area contributed by atoms with Crippen LogP contribution in [0.2, 0.25) is 0 Å². The first-order chi connectivity index (χ1) is 11.5. The fraction of sp³-hybridized carbons (Fsp3) is 0.188. The minimum absolute atomic E-state index is 0.0515. The van der Waals surface area contributed by atoms with Crippen molar-refractivity contribution in [3.63, 3.8) is 0 Å². The maximum Gasteiger partial charge on any atom is 0.302 e. The summed E-state index contributed by atoms with van der Waals surface area (Å²) in [6, 6.07) is 14.0. The van der Waals surface area contributed by atoms with Crippen molar-refractivity contribution in [3.8, 4) is 5.75 Å². The van der Waals surface area contributed by atoms with E-state index in [-0.39, 0.29) is 6.54 Å². The van der Waals surface area contributed by atoms with Crippen LogP contribution in [-0.2, 0) is 21.6 Å². The van der Waals surface area contributed by atoms with E-state index in [1.807, 2.05) is 30.3 Å². The molecule has 0 aromatic heterocycles. The van der Waals surface area contributed by atoms with E-state index in [4.69, 9.17) is 4.74 Å². The molecule has 1 aliphatic rings. The Morgan fingerprint density at radius 3 is 2.71 bits per heavy atom. The summed E-state index contributed by atoms with van der Waals surface area (Å²) in [5, 5.41) is 0. The predicted molar refractivity (Wildman–Crippen MR) is 99.2 cm³/mol. The van der Waals surface area contributed by atoms with Crippen molar-refractivity contribution in [2.24, 2.45) is 0 Å². The highest BCUT2D eigenvalue weighted by Crippen LogP contribution is 2.35. The lowest BCUT2D eigenvalue weighted by Crippen LogP contribution is -2.36. The number of carbonyl (C=O) groups excluding carboxylic acids is 1. The van der Waals surface area contributed by atoms with Crippen molar-refractivity contribution >= 4 is 44.8 Å². The monoisotopic (exact) mass is 458 g/mol. The van der Waals surface area contributed by atoms with E-state index < -0.39 is 16.3 Å². The number of aldehydes is 1. The molecule has 1 atom stereocenters. The fourth-order valence-corrected chi connectivity index (χ4v) is 4.33. The van der Waals surface area contributed by atoms with Crippen LogP contribution < -0.4 is 13.8 Å². The zero-order valence-corrected chi connectivity index (χ0v) is 15.5. The Balaban J connectivity index is 1.95. The topological polar surface area (TPSA) is 75.7 Å². The van der Waals surface area contributed by atoms with Crippen molar-refractivity contribution in [3.05, 3.63) is 57.7 Å². The minimum atomic E-state index is -3.75. The molecule has 1 heterocycles. The van der Waals surface area contributed by atoms with Crippen molar-refractivity contribution in [2.75, 3.05) is 10.8 Å². The number of nitrogens with one attached hydrogen (secondary N) is 1. The van der Waals surface area contributed by atoms with Crippen molar-refractivity contribution in [1.82, 2.24) is 4.72 Å². The number of nitrogens with zero attached hydrogens (tertiary/aromatic N) is 1. The standard InChI is InChI=1S/C16H15IN2O4S/c17-13-6-7-15(19-14(10-20)9-18-24(19,21)22)16(8-13)23-11-12-4-2-1-3-5-12/h1-8,10,14,18H,9,11H2. The molecule has 1 saturated heterocycles. The molecule has 0 radical (unpaired) electrons. The Bertz CT molecular complexity index is 842. The molecule has 6 nitrogen and oxygen atoms in total. The number of benzene rings is 2. The molecular formula is C16H15IN2O4S. The Morgan fingerprint density at radius 2 is 2.00 bits per heavy atom. The summed E-state index contributed by atoms with van der Waals surface area (Å²) in [6.07, 6.45) is 0.622. The largest absolute Gasteiger partial charge is 0.487 e. The highest BCUT2D eigenvalue weighted by Gasteiger charge is 2.38. The normalized spacial score (nSPS) is 19.2. The third-order valence-electron chi connectivity index (χ3n) is 3.59. The van der Waals surface area contributed by atoms with Crippen molar-refractivity contribution < 1.29 is 17.9 Å². The fourth-order valence-electron chi connectivity index (χ4n) is 2.45. The molecule has 0 aliphatic carbocycles. The Hall–Kier alpha value is -1.65. The van der Waals surface area contributed by atoms with Crippen LogP contribution in [0.5, 0.6) is 5.75 Å². The van der Waals surface area contributed by atoms with Crippen LogP contribution in [0.1, 0.15) is 5.56 Å². The Morgan fingerprint density at radius 1 is 1.25 bits per heavy atom. The summed E-state index contributed by atoms with van der Waals surface area (Å²) < 4.78 is 34.7. The molecule has 1 fully saturated rings. The number of hydrogen-bond acceptors (Lipinski definition) is 4. The van der Waals surface area contributed by atoms with Gasteiger partial charge in [-0.2, -0.15) is 13.1 Å². The van der Waals surface area contributed by atoms with Crippen LogP contribution in [0.25, 0.3) is 0 Å². The third kappa shape index (κ3) is 3.55. The predicted octanol–water partition coefficient (Wildman–Crippen LogP) is 2.09. The lowest BCUT2D eigenvalue weighted by molar-refractivity contribution is -0.108. The van der Waals surface area contributed by atoms with Gasteiger partial charge in [0.25, 0.3) is 0 Å². The van der Waals surface area contributed by atoms with E-state index in [1.54, 1.807) is 18.2 Å². The second-order valence-electron chi connectivity index (χ2n) is 5.24. The van der Waals surface area contributed by atoms with Crippen LogP contribution in [-0.4, -0.2) is 27.3 Å². The van der Waals surface area contributed by atoms with Gasteiger partial charge in [0, 0.05) is 10.1 Å². The van der Waals surface area contributed by atoms with Crippen LogP contribution in [0, 0.1) is 3.57 Å². The van der Waals surface area contributed by atoms with Crippen LogP contribution in [0.4, 0.5) is 5.69 Å². The molecule has 0 bridgehead atoms. The molecular weight excluding hydrogens is 443 g/mol. The van der Waals surface area contributed by atoms with Gasteiger partial charge in [0.2, 0.25) is 0 Å². The van der Waals surface area contributed by atoms with Crippen LogP contribution >= 0.6 is 22.6 Å². The second-order valence-corrected chi connectivity index (χ2v) is 8.12. The van der Waals surface area contributed by atoms with Crippen LogP contribution in [0.3, 0.4) is 0 Å². The maximum atomic E-state index is 12.2. The van der Waals surface area contributed by atoms with Gasteiger partial charge in [-0.05, 0) is 46.4 Å². The van der Waals surface area contributed by atoms with Gasteiger partial charge in [0.1, 0.15) is 24.7 Å². The van der Waals surface area contributed by atoms with Crippen molar-refractivity contribution in [1.29, 1.82) is 0 Å². The molecule has 0 saturated carbocycles. The van der Waals surface area contributed by atoms with E-state index in [0.29, 0.717) is 24.3 Å². The summed E-state index contributed by atoms with van der Waals surface area (Å²) in [5.41, 5.74) is 1.32. The van der Waals surface area contributed by atoms with E-state index in [9.17, 15) is 13.2 Å². The number of halogens is 1. The SMILES string of the molecule is O=CC1CNS(=O)(=O)N1c1ccc(I)cc1OCc1ccccc1. The summed E-state index contributed by atoms with van der Waals surface area (Å²) in [7, 11) is -3.75. The van der Waals surface area contributed by atoms with E-state index in [2.05, 4.69) is 27.3 Å². The van der Waals surface area contributed by atoms with Crippen molar-refractivity contribution in [2.45, 2.75) is 12.6 Å². The van der Waals surface area contributed by atoms with E-state index in [0.717, 1.165) is 13.4 Å². The summed E-state index contributed by atoms with van der Waals surface area (Å²) in [5.74, 6) is 0.421. The number of ether oxygens (including phenoxy) is 1. The third-order valence-corrected chi connectivity index (χ3v) is 5.78. The Kier molecular flexibility index (Phi) is 5.07. The summed E-state index contributed by atoms with van der Waals surface area (Å²) in [4.78, 5) is 11.2. The molecule has 126 valence electrons. The first-order valence-electron chi connectivity index (χ1n) is 7.22. The summed E-state index contributed by atoms with van der Waals surface area (Å²) >= 11 is 2.13.